The van der Waals surface area contributed by atoms with Crippen molar-refractivity contribution in [3.05, 3.63) is 64.6 Å². The van der Waals surface area contributed by atoms with Crippen LogP contribution in [0, 0.1) is 0 Å². The fourth-order valence-electron chi connectivity index (χ4n) is 3.66. The minimum absolute atomic E-state index is 0.0483. The Kier molecular flexibility index (Phi) is 4.93. The van der Waals surface area contributed by atoms with Gasteiger partial charge in [0.2, 0.25) is 5.89 Å². The fraction of sp³-hybridized carbons (Fsp3) is 0.136. The lowest BCUT2D eigenvalue weighted by atomic mass is 10.1. The maximum atomic E-state index is 13.9. The summed E-state index contributed by atoms with van der Waals surface area (Å²) in [7, 11) is 1.47. The zero-order valence-corrected chi connectivity index (χ0v) is 18.0. The number of fused-ring (bicyclic) bond motifs is 2. The molecule has 7 nitrogen and oxygen atoms in total. The molecule has 3 aromatic heterocycles. The van der Waals surface area contributed by atoms with Crippen LogP contribution < -0.4 is 10.3 Å². The topological polar surface area (TPSA) is 85.4 Å². The molecule has 0 fully saturated rings. The summed E-state index contributed by atoms with van der Waals surface area (Å²) in [6.07, 6.45) is -3.07. The molecule has 0 radical (unpaired) electrons. The molecular weight excluding hydrogens is 457 g/mol. The maximum absolute atomic E-state index is 13.9. The Hall–Kier alpha value is -3.73. The second-order valence-corrected chi connectivity index (χ2v) is 7.81. The quantitative estimate of drug-likeness (QED) is 0.284. The zero-order valence-electron chi connectivity index (χ0n) is 17.2. The number of halogens is 3. The van der Waals surface area contributed by atoms with Crippen molar-refractivity contribution in [3.63, 3.8) is 0 Å². The van der Waals surface area contributed by atoms with Crippen molar-refractivity contribution in [2.45, 2.75) is 11.2 Å². The monoisotopic (exact) mass is 472 g/mol. The van der Waals surface area contributed by atoms with Crippen LogP contribution in [-0.2, 0) is 6.18 Å². The van der Waals surface area contributed by atoms with Crippen LogP contribution in [0.1, 0.15) is 5.69 Å². The van der Waals surface area contributed by atoms with E-state index in [2.05, 4.69) is 15.1 Å². The Labute approximate surface area is 188 Å². The number of thioether (sulfide) groups is 1. The summed E-state index contributed by atoms with van der Waals surface area (Å²) in [5.41, 5.74) is -1.19. The SMILES string of the molecule is COc1cccc2oc(-c3c(SC)nc4c(-c5ccccc5)c(C(F)(F)F)[nH]n4c3=O)nc12. The zero-order chi connectivity index (χ0) is 23.3. The second-order valence-electron chi connectivity index (χ2n) is 7.01. The first-order chi connectivity index (χ1) is 15.8. The van der Waals surface area contributed by atoms with Crippen molar-refractivity contribution in [3.8, 4) is 28.3 Å². The molecule has 5 aromatic rings. The smallest absolute Gasteiger partial charge is 0.433 e. The van der Waals surface area contributed by atoms with Gasteiger partial charge in [0, 0.05) is 0 Å². The number of benzene rings is 2. The maximum Gasteiger partial charge on any atom is 0.433 e. The number of methoxy groups -OCH3 is 1. The number of hydrogen-bond acceptors (Lipinski definition) is 6. The lowest BCUT2D eigenvalue weighted by molar-refractivity contribution is -0.140. The fourth-order valence-corrected chi connectivity index (χ4v) is 4.22. The molecule has 5 rings (SSSR count). The van der Waals surface area contributed by atoms with E-state index in [-0.39, 0.29) is 33.3 Å². The highest BCUT2D eigenvalue weighted by Gasteiger charge is 2.38. The summed E-state index contributed by atoms with van der Waals surface area (Å²) in [6, 6.07) is 13.0. The van der Waals surface area contributed by atoms with E-state index in [1.165, 1.54) is 19.2 Å². The van der Waals surface area contributed by atoms with Gasteiger partial charge in [-0.2, -0.15) is 17.7 Å². The van der Waals surface area contributed by atoms with Crippen LogP contribution in [0.2, 0.25) is 0 Å². The van der Waals surface area contributed by atoms with Gasteiger partial charge in [-0.25, -0.2) is 9.97 Å². The van der Waals surface area contributed by atoms with Crippen molar-refractivity contribution in [2.75, 3.05) is 13.4 Å². The normalized spacial score (nSPS) is 12.0. The van der Waals surface area contributed by atoms with E-state index in [0.29, 0.717) is 16.8 Å². The summed E-state index contributed by atoms with van der Waals surface area (Å²) in [5.74, 6) is 0.378. The van der Waals surface area contributed by atoms with Gasteiger partial charge < -0.3 is 9.15 Å². The first kappa shape index (κ1) is 21.1. The number of aromatic amines is 1. The summed E-state index contributed by atoms with van der Waals surface area (Å²) in [6.45, 7) is 0. The van der Waals surface area contributed by atoms with Crippen LogP contribution in [-0.4, -0.2) is 32.9 Å². The minimum atomic E-state index is -4.74. The van der Waals surface area contributed by atoms with Crippen molar-refractivity contribution < 1.29 is 22.3 Å². The van der Waals surface area contributed by atoms with Crippen LogP contribution in [0.25, 0.3) is 39.3 Å². The van der Waals surface area contributed by atoms with E-state index in [0.717, 1.165) is 16.3 Å². The van der Waals surface area contributed by atoms with Gasteiger partial charge in [-0.3, -0.25) is 9.89 Å². The highest BCUT2D eigenvalue weighted by Crippen LogP contribution is 2.39. The molecule has 0 atom stereocenters. The van der Waals surface area contributed by atoms with Crippen molar-refractivity contribution in [1.82, 2.24) is 19.6 Å². The van der Waals surface area contributed by atoms with Crippen LogP contribution >= 0.6 is 11.8 Å². The van der Waals surface area contributed by atoms with Gasteiger partial charge in [-0.15, -0.1) is 11.8 Å². The molecule has 0 bridgehead atoms. The molecule has 0 amide bonds. The number of nitrogens with zero attached hydrogens (tertiary/aromatic N) is 3. The third kappa shape index (κ3) is 3.35. The average molecular weight is 472 g/mol. The number of ether oxygens (including phenoxy) is 1. The Morgan fingerprint density at radius 1 is 1.06 bits per heavy atom. The largest absolute Gasteiger partial charge is 0.494 e. The predicted molar refractivity (Wildman–Crippen MR) is 118 cm³/mol. The number of hydrogen-bond donors (Lipinski definition) is 1. The lowest BCUT2D eigenvalue weighted by Gasteiger charge is -2.07. The average Bonchev–Trinajstić information content (AvgIpc) is 3.41. The molecule has 0 saturated heterocycles. The number of oxazole rings is 1. The summed E-state index contributed by atoms with van der Waals surface area (Å²) in [5, 5.41) is 2.39. The van der Waals surface area contributed by atoms with Gasteiger partial charge >= 0.3 is 6.18 Å². The van der Waals surface area contributed by atoms with Gasteiger partial charge in [0.1, 0.15) is 22.0 Å². The minimum Gasteiger partial charge on any atom is -0.494 e. The van der Waals surface area contributed by atoms with E-state index in [1.807, 2.05) is 0 Å². The number of nitrogens with one attached hydrogen (secondary N) is 1. The first-order valence-corrected chi connectivity index (χ1v) is 10.8. The molecule has 0 aliphatic heterocycles. The van der Waals surface area contributed by atoms with Crippen LogP contribution in [0.5, 0.6) is 5.75 Å². The Morgan fingerprint density at radius 3 is 2.48 bits per heavy atom. The summed E-state index contributed by atoms with van der Waals surface area (Å²) < 4.78 is 53.6. The molecule has 3 heterocycles. The van der Waals surface area contributed by atoms with Crippen LogP contribution in [0.4, 0.5) is 13.2 Å². The van der Waals surface area contributed by atoms with E-state index < -0.39 is 17.4 Å². The summed E-state index contributed by atoms with van der Waals surface area (Å²) >= 11 is 1.11. The molecule has 0 aliphatic rings. The van der Waals surface area contributed by atoms with Crippen molar-refractivity contribution in [1.29, 1.82) is 0 Å². The molecule has 1 N–H and O–H groups in total. The number of rotatable bonds is 4. The van der Waals surface area contributed by atoms with E-state index >= 15 is 0 Å². The Morgan fingerprint density at radius 2 is 1.82 bits per heavy atom. The van der Waals surface area contributed by atoms with Gasteiger partial charge in [-0.1, -0.05) is 36.4 Å². The Balaban J connectivity index is 1.85. The summed E-state index contributed by atoms with van der Waals surface area (Å²) in [4.78, 5) is 22.2. The van der Waals surface area contributed by atoms with E-state index in [9.17, 15) is 18.0 Å². The molecule has 33 heavy (non-hydrogen) atoms. The molecule has 0 saturated carbocycles. The Bertz CT molecular complexity index is 1550. The first-order valence-electron chi connectivity index (χ1n) is 9.62. The van der Waals surface area contributed by atoms with Crippen molar-refractivity contribution in [2.24, 2.45) is 0 Å². The molecule has 168 valence electrons. The molecule has 11 heteroatoms. The predicted octanol–water partition coefficient (Wildman–Crippen LogP) is 5.25. The van der Waals surface area contributed by atoms with E-state index in [4.69, 9.17) is 9.15 Å². The van der Waals surface area contributed by atoms with Gasteiger partial charge in [0.25, 0.3) is 5.56 Å². The number of aromatic nitrogens is 4. The van der Waals surface area contributed by atoms with Gasteiger partial charge in [0.05, 0.1) is 12.7 Å². The molecule has 0 aliphatic carbocycles. The third-order valence-corrected chi connectivity index (χ3v) is 5.78. The van der Waals surface area contributed by atoms with Gasteiger partial charge in [0.15, 0.2) is 16.7 Å². The number of para-hydroxylation sites is 1. The second kappa shape index (κ2) is 7.69. The van der Waals surface area contributed by atoms with Crippen LogP contribution in [0.15, 0.2) is 62.8 Å². The third-order valence-electron chi connectivity index (χ3n) is 5.10. The molecular formula is C22H15F3N4O3S. The van der Waals surface area contributed by atoms with Crippen molar-refractivity contribution >= 4 is 28.5 Å². The molecule has 0 unspecified atom stereocenters. The number of alkyl halides is 3. The highest BCUT2D eigenvalue weighted by atomic mass is 32.2. The molecule has 2 aromatic carbocycles. The lowest BCUT2D eigenvalue weighted by Crippen LogP contribution is -2.19. The molecule has 0 spiro atoms. The van der Waals surface area contributed by atoms with Crippen LogP contribution in [0.3, 0.4) is 0 Å². The van der Waals surface area contributed by atoms with E-state index in [1.54, 1.807) is 42.7 Å². The highest BCUT2D eigenvalue weighted by molar-refractivity contribution is 7.98. The van der Waals surface area contributed by atoms with Gasteiger partial charge in [-0.05, 0) is 24.0 Å². The number of H-pyrrole nitrogens is 1. The standard InChI is InChI=1S/C22H15F3N4O3S/c1-31-12-9-6-10-13-16(12)26-19(32-13)15-20(33-2)27-18-14(11-7-4-3-5-8-11)17(22(23,24)25)28-29(18)21(15)30/h3-10,28H,1-2H3.